The van der Waals surface area contributed by atoms with Crippen molar-refractivity contribution in [3.8, 4) is 23.0 Å². The van der Waals surface area contributed by atoms with Gasteiger partial charge in [-0.1, -0.05) is 97.1 Å². The van der Waals surface area contributed by atoms with Crippen molar-refractivity contribution in [2.45, 2.75) is 150 Å². The molecule has 8 aliphatic rings. The zero-order valence-corrected chi connectivity index (χ0v) is 62.4. The number of carbonyl (C=O) groups excluding carboxylic acids is 4. The lowest BCUT2D eigenvalue weighted by Crippen LogP contribution is -2.49. The number of hydrogen-bond acceptors (Lipinski definition) is 12. The van der Waals surface area contributed by atoms with Crippen molar-refractivity contribution >= 4 is 23.6 Å². The first-order valence-electron chi connectivity index (χ1n) is 38.9. The van der Waals surface area contributed by atoms with Crippen molar-refractivity contribution < 1.29 is 74.7 Å². The van der Waals surface area contributed by atoms with Crippen LogP contribution in [-0.4, -0.2) is 211 Å². The number of phenolic OH excluding ortho intramolecular Hbond substituents is 4. The third-order valence-corrected chi connectivity index (χ3v) is 23.6. The van der Waals surface area contributed by atoms with Crippen LogP contribution in [0.15, 0.2) is 194 Å². The van der Waals surface area contributed by atoms with Crippen LogP contribution in [0.3, 0.4) is 0 Å². The Morgan fingerprint density at radius 3 is 0.598 bits per heavy atom. The molecule has 8 saturated heterocycles. The number of piperidine rings is 4. The number of halogens is 8. The van der Waals surface area contributed by atoms with E-state index in [2.05, 4.69) is 0 Å². The van der Waals surface area contributed by atoms with E-state index in [1.165, 1.54) is 48.5 Å². The maximum Gasteiger partial charge on any atom is 0.240 e. The molecule has 16 rings (SSSR count). The molecule has 16 nitrogen and oxygen atoms in total. The zero-order chi connectivity index (χ0) is 78.7. The number of rotatable bonds is 16. The van der Waals surface area contributed by atoms with Crippen molar-refractivity contribution in [1.29, 1.82) is 0 Å². The number of phenols is 4. The van der Waals surface area contributed by atoms with Gasteiger partial charge in [0.2, 0.25) is 23.6 Å². The minimum absolute atomic E-state index is 0.0274. The average Bonchev–Trinajstić information content (AvgIpc) is 1.68. The van der Waals surface area contributed by atoms with Gasteiger partial charge in [-0.2, -0.15) is 0 Å². The number of alkyl halides is 4. The molecule has 8 heterocycles. The summed E-state index contributed by atoms with van der Waals surface area (Å²) in [6.45, 7) is 8.03. The summed E-state index contributed by atoms with van der Waals surface area (Å²) >= 11 is 0. The first-order chi connectivity index (χ1) is 54.0. The molecule has 592 valence electrons. The third kappa shape index (κ3) is 19.9. The van der Waals surface area contributed by atoms with Crippen LogP contribution < -0.4 is 0 Å². The lowest BCUT2D eigenvalue weighted by Gasteiger charge is -2.37. The van der Waals surface area contributed by atoms with Gasteiger partial charge < -0.3 is 40.0 Å². The molecule has 8 aromatic rings. The molecule has 12 atom stereocenters. The normalized spacial score (nSPS) is 26.0. The molecule has 0 bridgehead atoms. The van der Waals surface area contributed by atoms with Gasteiger partial charge >= 0.3 is 0 Å². The third-order valence-electron chi connectivity index (χ3n) is 23.6. The quantitative estimate of drug-likeness (QED) is 0.0675. The molecule has 112 heavy (non-hydrogen) atoms. The van der Waals surface area contributed by atoms with Crippen LogP contribution in [0.1, 0.15) is 120 Å². The highest BCUT2D eigenvalue weighted by Gasteiger charge is 2.45. The molecule has 4 N–H and O–H groups in total. The predicted octanol–water partition coefficient (Wildman–Crippen LogP) is 13.8. The number of amides is 4. The molecule has 8 aliphatic heterocycles. The van der Waals surface area contributed by atoms with Crippen molar-refractivity contribution in [2.24, 2.45) is 0 Å². The van der Waals surface area contributed by atoms with Gasteiger partial charge in [0, 0.05) is 102 Å². The molecule has 8 fully saturated rings. The smallest absolute Gasteiger partial charge is 0.240 e. The summed E-state index contributed by atoms with van der Waals surface area (Å²) in [6.07, 6.45) is 1.17. The molecule has 1 unspecified atom stereocenters. The lowest BCUT2D eigenvalue weighted by molar-refractivity contribution is -0.134. The Bertz CT molecular complexity index is 3870. The van der Waals surface area contributed by atoms with Gasteiger partial charge in [0.1, 0.15) is 71.0 Å². The summed E-state index contributed by atoms with van der Waals surface area (Å²) in [6, 6.07) is 50.5. The van der Waals surface area contributed by atoms with Crippen LogP contribution in [0.25, 0.3) is 0 Å². The fourth-order valence-corrected chi connectivity index (χ4v) is 17.3. The standard InChI is InChI=1S/4C22H24F2N2O2/c4*23-17-5-1-15(2-6-17)13-26-12-10-21(22(26)28)25-11-9-19(20(24)14-25)16-3-7-18(27)8-4-16/h4*1-8,19-21,27H,9-14H2/t19-,20+,21?;19-,20+,21+;2*19-,20+,21-/m0110/s1. The molecular formula is C88H96F8N8O8. The van der Waals surface area contributed by atoms with Gasteiger partial charge in [-0.3, -0.25) is 38.8 Å². The van der Waals surface area contributed by atoms with E-state index in [0.29, 0.717) is 130 Å². The Morgan fingerprint density at radius 1 is 0.250 bits per heavy atom. The van der Waals surface area contributed by atoms with Crippen molar-refractivity contribution in [3.05, 3.63) is 262 Å². The van der Waals surface area contributed by atoms with Crippen molar-refractivity contribution in [1.82, 2.24) is 39.2 Å². The number of likely N-dealkylation sites (tertiary alicyclic amines) is 8. The van der Waals surface area contributed by atoms with Gasteiger partial charge in [0.15, 0.2) is 0 Å². The van der Waals surface area contributed by atoms with E-state index in [4.69, 9.17) is 0 Å². The molecule has 0 radical (unpaired) electrons. The predicted molar refractivity (Wildman–Crippen MR) is 409 cm³/mol. The van der Waals surface area contributed by atoms with Gasteiger partial charge in [0.25, 0.3) is 0 Å². The van der Waals surface area contributed by atoms with E-state index in [1.54, 1.807) is 165 Å². The maximum atomic E-state index is 14.9. The van der Waals surface area contributed by atoms with Crippen LogP contribution in [0, 0.1) is 23.3 Å². The number of aromatic hydroxyl groups is 4. The van der Waals surface area contributed by atoms with Gasteiger partial charge in [-0.15, -0.1) is 0 Å². The molecule has 0 aromatic heterocycles. The van der Waals surface area contributed by atoms with Crippen molar-refractivity contribution in [3.63, 3.8) is 0 Å². The van der Waals surface area contributed by atoms with E-state index in [0.717, 1.165) is 44.5 Å². The van der Waals surface area contributed by atoms with E-state index in [1.807, 2.05) is 19.6 Å². The molecular weight excluding hydrogens is 1450 g/mol. The van der Waals surface area contributed by atoms with E-state index < -0.39 is 24.7 Å². The van der Waals surface area contributed by atoms with E-state index in [-0.39, 0.29) is 144 Å². The lowest BCUT2D eigenvalue weighted by atomic mass is 9.87. The second-order valence-electron chi connectivity index (χ2n) is 30.8. The molecule has 4 amide bonds. The van der Waals surface area contributed by atoms with E-state index >= 15 is 0 Å². The average molecular weight is 1550 g/mol. The Labute approximate surface area is 648 Å². The maximum absolute atomic E-state index is 14.9. The highest BCUT2D eigenvalue weighted by molar-refractivity contribution is 5.86. The van der Waals surface area contributed by atoms with Crippen LogP contribution in [0.4, 0.5) is 35.1 Å². The van der Waals surface area contributed by atoms with Crippen molar-refractivity contribution in [2.75, 3.05) is 78.5 Å². The largest absolute Gasteiger partial charge is 0.508 e. The second kappa shape index (κ2) is 36.7. The number of hydrogen-bond donors (Lipinski definition) is 4. The number of nitrogens with zero attached hydrogens (tertiary/aromatic N) is 8. The highest BCUT2D eigenvalue weighted by atomic mass is 19.2. The SMILES string of the molecule is O=C1C(N2CC[C@@H](c3ccc(O)cc3)[C@H](F)C2)CCN1Cc1ccc(F)cc1.O=C1[C@@H](N2CC[C@@H](c3ccc(O)cc3)[C@H](F)C2)CCN1Cc1ccc(F)cc1.O=C1[C@@H](N2CC[C@H](c3ccc(O)cc3)[C@@H](F)C2)CCN1Cc1ccc(F)cc1.O=C1[C@H](N2CC[C@H](c3ccc(O)cc3)[C@@H](F)C2)CCN1Cc1ccc(F)cc1. The summed E-state index contributed by atoms with van der Waals surface area (Å²) in [5, 5.41) is 37.7. The van der Waals surface area contributed by atoms with Gasteiger partial charge in [0.05, 0.1) is 24.2 Å². The first kappa shape index (κ1) is 80.2. The molecule has 0 aliphatic carbocycles. The fourth-order valence-electron chi connectivity index (χ4n) is 17.3. The summed E-state index contributed by atoms with van der Waals surface area (Å²) in [5.41, 5.74) is 7.13. The zero-order valence-electron chi connectivity index (χ0n) is 62.4. The Balaban J connectivity index is 0.000000131. The van der Waals surface area contributed by atoms with Gasteiger partial charge in [-0.05, 0) is 219 Å². The van der Waals surface area contributed by atoms with Crippen LogP contribution >= 0.6 is 0 Å². The van der Waals surface area contributed by atoms with Gasteiger partial charge in [-0.25, -0.2) is 35.1 Å². The summed E-state index contributed by atoms with van der Waals surface area (Å²) in [4.78, 5) is 66.3. The molecule has 0 spiro atoms. The monoisotopic (exact) mass is 1540 g/mol. The topological polar surface area (TPSA) is 175 Å². The Hall–Kier alpha value is -9.88. The Kier molecular flexibility index (Phi) is 26.3. The van der Waals surface area contributed by atoms with Crippen LogP contribution in [0.2, 0.25) is 0 Å². The second-order valence-corrected chi connectivity index (χ2v) is 30.8. The molecule has 24 heteroatoms. The minimum Gasteiger partial charge on any atom is -0.508 e. The number of carbonyl (C=O) groups is 4. The molecule has 8 aromatic carbocycles. The minimum atomic E-state index is -1.04. The summed E-state index contributed by atoms with van der Waals surface area (Å²) in [7, 11) is 0. The number of benzene rings is 8. The van der Waals surface area contributed by atoms with Crippen LogP contribution in [0.5, 0.6) is 23.0 Å². The van der Waals surface area contributed by atoms with E-state index in [9.17, 15) is 74.7 Å². The fraction of sp³-hybridized carbons (Fsp3) is 0.409. The molecule has 0 saturated carbocycles. The highest BCUT2D eigenvalue weighted by Crippen LogP contribution is 2.39. The summed E-state index contributed by atoms with van der Waals surface area (Å²) < 4.78 is 112. The summed E-state index contributed by atoms with van der Waals surface area (Å²) in [5.74, 6) is -1.18. The first-order valence-corrected chi connectivity index (χ1v) is 38.9. The Morgan fingerprint density at radius 2 is 0.429 bits per heavy atom. The van der Waals surface area contributed by atoms with Crippen LogP contribution in [-0.2, 0) is 45.4 Å².